The van der Waals surface area contributed by atoms with E-state index in [0.29, 0.717) is 30.8 Å². The first-order valence-corrected chi connectivity index (χ1v) is 14.7. The molecule has 11 nitrogen and oxygen atoms in total. The van der Waals surface area contributed by atoms with Crippen molar-refractivity contribution in [2.75, 3.05) is 13.7 Å². The number of rotatable bonds is 13. The minimum absolute atomic E-state index is 0.0896. The third kappa shape index (κ3) is 6.73. The Labute approximate surface area is 251 Å². The second kappa shape index (κ2) is 12.7. The van der Waals surface area contributed by atoms with Gasteiger partial charge in [-0.2, -0.15) is 5.26 Å². The van der Waals surface area contributed by atoms with Crippen LogP contribution in [0.4, 0.5) is 0 Å². The molecule has 5 N–H and O–H groups in total. The molecule has 1 aliphatic heterocycles. The largest absolute Gasteiger partial charge is 0.496 e. The number of benzene rings is 1. The molecular formula is C32H37N7O4. The highest BCUT2D eigenvalue weighted by Gasteiger charge is 2.48. The van der Waals surface area contributed by atoms with Gasteiger partial charge in [0.25, 0.3) is 5.91 Å². The number of methoxy groups -OCH3 is 1. The number of fused-ring (bicyclic) bond motifs is 1. The fourth-order valence-electron chi connectivity index (χ4n) is 5.77. The van der Waals surface area contributed by atoms with Crippen LogP contribution in [-0.2, 0) is 15.1 Å². The number of nitriles is 1. The fraction of sp³-hybridized carbons (Fsp3) is 0.469. The third-order valence-electron chi connectivity index (χ3n) is 8.22. The molecule has 1 saturated heterocycles. The molecule has 1 aliphatic carbocycles. The lowest BCUT2D eigenvalue weighted by atomic mass is 9.92. The molecule has 43 heavy (non-hydrogen) atoms. The van der Waals surface area contributed by atoms with Crippen LogP contribution in [-0.4, -0.2) is 59.5 Å². The zero-order valence-corrected chi connectivity index (χ0v) is 24.6. The number of aromatic amines is 1. The Morgan fingerprint density at radius 3 is 2.70 bits per heavy atom. The van der Waals surface area contributed by atoms with Crippen molar-refractivity contribution in [3.05, 3.63) is 60.0 Å². The molecule has 2 aromatic heterocycles. The molecule has 3 amide bonds. The summed E-state index contributed by atoms with van der Waals surface area (Å²) < 4.78 is 5.41. The van der Waals surface area contributed by atoms with Crippen LogP contribution < -0.4 is 26.0 Å². The van der Waals surface area contributed by atoms with E-state index in [9.17, 15) is 19.6 Å². The fourth-order valence-corrected chi connectivity index (χ4v) is 5.77. The van der Waals surface area contributed by atoms with Gasteiger partial charge in [-0.3, -0.25) is 19.7 Å². The van der Waals surface area contributed by atoms with Gasteiger partial charge >= 0.3 is 0 Å². The van der Waals surface area contributed by atoms with E-state index >= 15 is 0 Å². The molecule has 0 spiro atoms. The molecule has 3 heterocycles. The van der Waals surface area contributed by atoms with Crippen molar-refractivity contribution in [2.24, 2.45) is 11.8 Å². The monoisotopic (exact) mass is 583 g/mol. The van der Waals surface area contributed by atoms with E-state index in [2.05, 4.69) is 49.4 Å². The van der Waals surface area contributed by atoms with Crippen LogP contribution in [0.5, 0.6) is 5.75 Å². The summed E-state index contributed by atoms with van der Waals surface area (Å²) in [5, 5.41) is 23.3. The average Bonchev–Trinajstić information content (AvgIpc) is 3.47. The first kappa shape index (κ1) is 29.9. The van der Waals surface area contributed by atoms with Gasteiger partial charge in [0.2, 0.25) is 11.8 Å². The van der Waals surface area contributed by atoms with Gasteiger partial charge in [-0.05, 0) is 56.2 Å². The van der Waals surface area contributed by atoms with Crippen LogP contribution >= 0.6 is 0 Å². The molecular weight excluding hydrogens is 546 g/mol. The van der Waals surface area contributed by atoms with Gasteiger partial charge in [0, 0.05) is 29.4 Å². The Kier molecular flexibility index (Phi) is 8.84. The number of carbonyl (C=O) groups is 3. The van der Waals surface area contributed by atoms with Gasteiger partial charge in [0.05, 0.1) is 36.7 Å². The smallest absolute Gasteiger partial charge is 0.268 e. The van der Waals surface area contributed by atoms with Gasteiger partial charge < -0.3 is 25.7 Å². The van der Waals surface area contributed by atoms with E-state index in [1.165, 1.54) is 0 Å². The molecule has 4 unspecified atom stereocenters. The van der Waals surface area contributed by atoms with E-state index in [1.807, 2.05) is 32.0 Å². The minimum Gasteiger partial charge on any atom is -0.496 e. The Morgan fingerprint density at radius 2 is 2.07 bits per heavy atom. The molecule has 1 aromatic carbocycles. The molecule has 11 heteroatoms. The molecule has 1 saturated carbocycles. The standard InChI is InChI=1S/C32H37N7O4/c1-19(2)15-24(38-31(42)25-17-21-22(36-25)7-6-8-27(21)43-3)30(41)37-23(16-20-10-14-35-29(20)40)26(18-33)39-32(11-12-32)28-9-4-5-13-34-28/h6-9,13,17,19-20,23-24,26,36,39H,10-12,14-16H2,1-3H3,(H,35,40)(H,37,41)(H,38,42). The summed E-state index contributed by atoms with van der Waals surface area (Å²) in [4.78, 5) is 47.2. The summed E-state index contributed by atoms with van der Waals surface area (Å²) in [7, 11) is 1.57. The van der Waals surface area contributed by atoms with E-state index in [0.717, 1.165) is 29.4 Å². The molecule has 2 aliphatic rings. The molecule has 2 fully saturated rings. The van der Waals surface area contributed by atoms with Gasteiger partial charge in [-0.25, -0.2) is 4.98 Å². The quantitative estimate of drug-likeness (QED) is 0.207. The molecule has 0 bridgehead atoms. The molecule has 3 aromatic rings. The summed E-state index contributed by atoms with van der Waals surface area (Å²) in [6, 6.07) is 14.6. The maximum atomic E-state index is 13.8. The van der Waals surface area contributed by atoms with Crippen LogP contribution in [0.2, 0.25) is 0 Å². The first-order chi connectivity index (χ1) is 20.7. The summed E-state index contributed by atoms with van der Waals surface area (Å²) >= 11 is 0. The Balaban J connectivity index is 1.36. The number of amides is 3. The summed E-state index contributed by atoms with van der Waals surface area (Å²) in [6.45, 7) is 4.50. The number of carbonyl (C=O) groups excluding carboxylic acids is 3. The van der Waals surface area contributed by atoms with E-state index in [1.54, 1.807) is 25.4 Å². The highest BCUT2D eigenvalue weighted by molar-refractivity contribution is 6.01. The summed E-state index contributed by atoms with van der Waals surface area (Å²) in [5.74, 6) is -0.542. The third-order valence-corrected chi connectivity index (χ3v) is 8.22. The number of hydrogen-bond acceptors (Lipinski definition) is 7. The average molecular weight is 584 g/mol. The minimum atomic E-state index is -0.865. The maximum Gasteiger partial charge on any atom is 0.268 e. The van der Waals surface area contributed by atoms with Crippen LogP contribution in [0.15, 0.2) is 36.5 Å². The summed E-state index contributed by atoms with van der Waals surface area (Å²) in [5.41, 5.74) is 1.30. The SMILES string of the molecule is COc1cccc2[nH]c(C(=O)NC(CC(C)C)C(=O)NC(CC3CCNC3=O)C(C#N)NC3(c4cc#ccn4)CC3)cc12. The lowest BCUT2D eigenvalue weighted by molar-refractivity contribution is -0.126. The van der Waals surface area contributed by atoms with Crippen molar-refractivity contribution < 1.29 is 19.1 Å². The van der Waals surface area contributed by atoms with Crippen LogP contribution in [0.25, 0.3) is 10.9 Å². The number of nitrogens with one attached hydrogen (secondary N) is 5. The van der Waals surface area contributed by atoms with Crippen molar-refractivity contribution >= 4 is 28.6 Å². The van der Waals surface area contributed by atoms with Gasteiger partial charge in [0.15, 0.2) is 0 Å². The molecule has 224 valence electrons. The highest BCUT2D eigenvalue weighted by atomic mass is 16.5. The van der Waals surface area contributed by atoms with Crippen molar-refractivity contribution in [3.8, 4) is 11.8 Å². The number of aromatic nitrogens is 2. The Hall–Kier alpha value is -4.61. The first-order valence-electron chi connectivity index (χ1n) is 14.7. The van der Waals surface area contributed by atoms with Crippen LogP contribution in [0.1, 0.15) is 62.1 Å². The van der Waals surface area contributed by atoms with Crippen molar-refractivity contribution in [3.63, 3.8) is 0 Å². The van der Waals surface area contributed by atoms with Crippen molar-refractivity contribution in [1.29, 1.82) is 5.26 Å². The lowest BCUT2D eigenvalue weighted by Crippen LogP contribution is -2.57. The van der Waals surface area contributed by atoms with Crippen molar-refractivity contribution in [2.45, 2.75) is 69.6 Å². The maximum absolute atomic E-state index is 13.8. The molecule has 0 radical (unpaired) electrons. The Bertz CT molecular complexity index is 1510. The normalized spacial score (nSPS) is 19.0. The zero-order valence-electron chi connectivity index (χ0n) is 24.6. The van der Waals surface area contributed by atoms with E-state index in [4.69, 9.17) is 4.74 Å². The molecule has 4 atom stereocenters. The van der Waals surface area contributed by atoms with E-state index < -0.39 is 35.5 Å². The lowest BCUT2D eigenvalue weighted by Gasteiger charge is -2.31. The second-order valence-corrected chi connectivity index (χ2v) is 11.8. The van der Waals surface area contributed by atoms with Crippen LogP contribution in [0.3, 0.4) is 0 Å². The molecule has 5 rings (SSSR count). The van der Waals surface area contributed by atoms with Gasteiger partial charge in [-0.1, -0.05) is 32.0 Å². The van der Waals surface area contributed by atoms with E-state index in [-0.39, 0.29) is 24.2 Å². The Morgan fingerprint density at radius 1 is 1.26 bits per heavy atom. The highest BCUT2D eigenvalue weighted by Crippen LogP contribution is 2.45. The topological polar surface area (TPSA) is 161 Å². The second-order valence-electron chi connectivity index (χ2n) is 11.8. The number of hydrogen-bond donors (Lipinski definition) is 5. The number of H-pyrrole nitrogens is 1. The van der Waals surface area contributed by atoms with Gasteiger partial charge in [0.1, 0.15) is 23.5 Å². The summed E-state index contributed by atoms with van der Waals surface area (Å²) in [6.07, 6.45) is 4.39. The van der Waals surface area contributed by atoms with Crippen LogP contribution in [0, 0.1) is 35.3 Å². The van der Waals surface area contributed by atoms with Gasteiger partial charge in [-0.15, -0.1) is 0 Å². The predicted octanol–water partition coefficient (Wildman–Crippen LogP) is 2.50. The predicted molar refractivity (Wildman–Crippen MR) is 159 cm³/mol. The van der Waals surface area contributed by atoms with Crippen molar-refractivity contribution in [1.82, 2.24) is 31.2 Å². The number of nitrogens with zero attached hydrogens (tertiary/aromatic N) is 2. The zero-order chi connectivity index (χ0) is 30.6. The number of ether oxygens (including phenoxy) is 1.